The highest BCUT2D eigenvalue weighted by atomic mass is 16.5. The van der Waals surface area contributed by atoms with Gasteiger partial charge in [0.15, 0.2) is 6.61 Å². The molecule has 0 aliphatic carbocycles. The summed E-state index contributed by atoms with van der Waals surface area (Å²) in [6.45, 7) is 9.82. The Morgan fingerprint density at radius 2 is 2.04 bits per heavy atom. The third-order valence-electron chi connectivity index (χ3n) is 4.61. The second kappa shape index (κ2) is 8.49. The lowest BCUT2D eigenvalue weighted by atomic mass is 10.0. The lowest BCUT2D eigenvalue weighted by molar-refractivity contribution is -0.00924. The molecule has 0 bridgehead atoms. The van der Waals surface area contributed by atoms with E-state index in [4.69, 9.17) is 14.0 Å². The van der Waals surface area contributed by atoms with Gasteiger partial charge in [0.2, 0.25) is 11.7 Å². The average molecular weight is 374 g/mol. The van der Waals surface area contributed by atoms with Crippen molar-refractivity contribution in [2.24, 2.45) is 0 Å². The van der Waals surface area contributed by atoms with Gasteiger partial charge in [0.1, 0.15) is 5.75 Å². The Bertz CT molecular complexity index is 769. The van der Waals surface area contributed by atoms with Crippen LogP contribution in [0.5, 0.6) is 5.75 Å². The molecule has 8 heteroatoms. The SMILES string of the molecule is Cc1nc(COc2ccccc2C(=O)NCC(C)(C)N2CCOCC2)no1. The van der Waals surface area contributed by atoms with Crippen molar-refractivity contribution < 1.29 is 18.8 Å². The zero-order chi connectivity index (χ0) is 19.3. The van der Waals surface area contributed by atoms with E-state index in [2.05, 4.69) is 34.2 Å². The molecule has 2 aromatic rings. The minimum atomic E-state index is -0.170. The van der Waals surface area contributed by atoms with E-state index in [-0.39, 0.29) is 18.1 Å². The molecule has 3 rings (SSSR count). The van der Waals surface area contributed by atoms with Crippen LogP contribution in [0, 0.1) is 6.92 Å². The lowest BCUT2D eigenvalue weighted by Crippen LogP contribution is -2.55. The number of ether oxygens (including phenoxy) is 2. The predicted octanol–water partition coefficient (Wildman–Crippen LogP) is 1.80. The van der Waals surface area contributed by atoms with Crippen molar-refractivity contribution in [1.82, 2.24) is 20.4 Å². The maximum absolute atomic E-state index is 12.7. The largest absolute Gasteiger partial charge is 0.485 e. The molecule has 2 heterocycles. The number of aryl methyl sites for hydroxylation is 1. The molecule has 0 saturated carbocycles. The van der Waals surface area contributed by atoms with Gasteiger partial charge in [0.25, 0.3) is 5.91 Å². The number of carbonyl (C=O) groups excluding carboxylic acids is 1. The highest BCUT2D eigenvalue weighted by molar-refractivity contribution is 5.96. The van der Waals surface area contributed by atoms with Crippen LogP contribution in [0.25, 0.3) is 0 Å². The summed E-state index contributed by atoms with van der Waals surface area (Å²) in [6.07, 6.45) is 0. The first-order chi connectivity index (χ1) is 13.0. The number of rotatable bonds is 7. The van der Waals surface area contributed by atoms with Gasteiger partial charge in [-0.2, -0.15) is 4.98 Å². The van der Waals surface area contributed by atoms with Crippen molar-refractivity contribution in [3.63, 3.8) is 0 Å². The number of para-hydroxylation sites is 1. The minimum Gasteiger partial charge on any atom is -0.485 e. The lowest BCUT2D eigenvalue weighted by Gasteiger charge is -2.40. The summed E-state index contributed by atoms with van der Waals surface area (Å²) in [5.41, 5.74) is 0.327. The fraction of sp³-hybridized carbons (Fsp3) is 0.526. The van der Waals surface area contributed by atoms with Crippen molar-refractivity contribution >= 4 is 5.91 Å². The Morgan fingerprint density at radius 3 is 2.74 bits per heavy atom. The van der Waals surface area contributed by atoms with Gasteiger partial charge in [-0.3, -0.25) is 9.69 Å². The maximum atomic E-state index is 12.7. The van der Waals surface area contributed by atoms with Gasteiger partial charge in [-0.1, -0.05) is 17.3 Å². The van der Waals surface area contributed by atoms with E-state index in [1.165, 1.54) is 0 Å². The van der Waals surface area contributed by atoms with Crippen LogP contribution in [-0.4, -0.2) is 59.3 Å². The van der Waals surface area contributed by atoms with Crippen molar-refractivity contribution in [3.05, 3.63) is 41.5 Å². The fourth-order valence-electron chi connectivity index (χ4n) is 2.99. The van der Waals surface area contributed by atoms with Gasteiger partial charge in [0, 0.05) is 32.1 Å². The summed E-state index contributed by atoms with van der Waals surface area (Å²) in [5.74, 6) is 1.24. The van der Waals surface area contributed by atoms with E-state index in [0.717, 1.165) is 26.3 Å². The molecule has 1 saturated heterocycles. The van der Waals surface area contributed by atoms with Gasteiger partial charge in [-0.05, 0) is 26.0 Å². The van der Waals surface area contributed by atoms with Gasteiger partial charge in [0.05, 0.1) is 18.8 Å². The van der Waals surface area contributed by atoms with Crippen LogP contribution in [0.3, 0.4) is 0 Å². The smallest absolute Gasteiger partial charge is 0.255 e. The number of amides is 1. The predicted molar refractivity (Wildman–Crippen MR) is 98.6 cm³/mol. The fourth-order valence-corrected chi connectivity index (χ4v) is 2.99. The number of aromatic nitrogens is 2. The third-order valence-corrected chi connectivity index (χ3v) is 4.61. The van der Waals surface area contributed by atoms with E-state index in [9.17, 15) is 4.79 Å². The second-order valence-corrected chi connectivity index (χ2v) is 7.11. The van der Waals surface area contributed by atoms with Crippen LogP contribution < -0.4 is 10.1 Å². The van der Waals surface area contributed by atoms with E-state index < -0.39 is 0 Å². The molecule has 1 amide bonds. The molecule has 0 unspecified atom stereocenters. The molecule has 1 aliphatic rings. The van der Waals surface area contributed by atoms with Crippen molar-refractivity contribution in [3.8, 4) is 5.75 Å². The summed E-state index contributed by atoms with van der Waals surface area (Å²) in [7, 11) is 0. The Morgan fingerprint density at radius 1 is 1.30 bits per heavy atom. The molecule has 0 radical (unpaired) electrons. The normalized spacial score (nSPS) is 15.5. The molecular weight excluding hydrogens is 348 g/mol. The first kappa shape index (κ1) is 19.3. The quantitative estimate of drug-likeness (QED) is 0.790. The topological polar surface area (TPSA) is 89.7 Å². The molecule has 146 valence electrons. The molecule has 1 N–H and O–H groups in total. The monoisotopic (exact) mass is 374 g/mol. The molecule has 1 aromatic heterocycles. The Kier molecular flexibility index (Phi) is 6.08. The number of hydrogen-bond donors (Lipinski definition) is 1. The van der Waals surface area contributed by atoms with Crippen molar-refractivity contribution in [2.45, 2.75) is 32.9 Å². The second-order valence-electron chi connectivity index (χ2n) is 7.11. The number of morpholine rings is 1. The van der Waals surface area contributed by atoms with Gasteiger partial charge in [-0.25, -0.2) is 0 Å². The molecule has 0 atom stereocenters. The van der Waals surface area contributed by atoms with E-state index >= 15 is 0 Å². The highest BCUT2D eigenvalue weighted by Crippen LogP contribution is 2.20. The number of carbonyl (C=O) groups is 1. The van der Waals surface area contributed by atoms with E-state index in [0.29, 0.717) is 29.6 Å². The summed E-state index contributed by atoms with van der Waals surface area (Å²) in [4.78, 5) is 19.2. The summed E-state index contributed by atoms with van der Waals surface area (Å²) in [5, 5.41) is 6.83. The van der Waals surface area contributed by atoms with Crippen LogP contribution in [0.1, 0.15) is 35.9 Å². The molecular formula is C19H26N4O4. The molecule has 1 fully saturated rings. The summed E-state index contributed by atoms with van der Waals surface area (Å²) >= 11 is 0. The van der Waals surface area contributed by atoms with Gasteiger partial charge >= 0.3 is 0 Å². The first-order valence-corrected chi connectivity index (χ1v) is 9.08. The van der Waals surface area contributed by atoms with Crippen LogP contribution >= 0.6 is 0 Å². The number of hydrogen-bond acceptors (Lipinski definition) is 7. The number of nitrogens with zero attached hydrogens (tertiary/aromatic N) is 3. The molecule has 1 aliphatic heterocycles. The molecule has 27 heavy (non-hydrogen) atoms. The highest BCUT2D eigenvalue weighted by Gasteiger charge is 2.29. The third kappa shape index (κ3) is 5.05. The zero-order valence-corrected chi connectivity index (χ0v) is 16.0. The number of nitrogens with one attached hydrogen (secondary N) is 1. The van der Waals surface area contributed by atoms with Crippen LogP contribution in [0.15, 0.2) is 28.8 Å². The van der Waals surface area contributed by atoms with Gasteiger partial charge in [-0.15, -0.1) is 0 Å². The number of benzene rings is 1. The average Bonchev–Trinajstić information content (AvgIpc) is 3.11. The minimum absolute atomic E-state index is 0.140. The van der Waals surface area contributed by atoms with E-state index in [1.807, 2.05) is 12.1 Å². The zero-order valence-electron chi connectivity index (χ0n) is 16.0. The standard InChI is InChI=1S/C19H26N4O4/c1-14-21-17(22-27-14)12-26-16-7-5-4-6-15(16)18(24)20-13-19(2,3)23-8-10-25-11-9-23/h4-7H,8-13H2,1-3H3,(H,20,24). The van der Waals surface area contributed by atoms with Crippen LogP contribution in [0.2, 0.25) is 0 Å². The maximum Gasteiger partial charge on any atom is 0.255 e. The molecule has 0 spiro atoms. The van der Waals surface area contributed by atoms with Gasteiger partial charge < -0.3 is 19.3 Å². The van der Waals surface area contributed by atoms with Crippen molar-refractivity contribution in [1.29, 1.82) is 0 Å². The summed E-state index contributed by atoms with van der Waals surface area (Å²) < 4.78 is 16.1. The Labute approximate surface area is 158 Å². The Hall–Kier alpha value is -2.45. The molecule has 1 aromatic carbocycles. The first-order valence-electron chi connectivity index (χ1n) is 9.08. The summed E-state index contributed by atoms with van der Waals surface area (Å²) in [6, 6.07) is 7.14. The van der Waals surface area contributed by atoms with Crippen LogP contribution in [0.4, 0.5) is 0 Å². The van der Waals surface area contributed by atoms with Crippen LogP contribution in [-0.2, 0) is 11.3 Å². The van der Waals surface area contributed by atoms with Crippen molar-refractivity contribution in [2.75, 3.05) is 32.8 Å². The van der Waals surface area contributed by atoms with E-state index in [1.54, 1.807) is 19.1 Å². The Balaban J connectivity index is 1.60. The molecule has 8 nitrogen and oxygen atoms in total.